The molecule has 9 heteroatoms. The number of hydrogen-bond donors (Lipinski definition) is 1. The van der Waals surface area contributed by atoms with E-state index in [1.807, 2.05) is 0 Å². The molecule has 1 aliphatic rings. The Bertz CT molecular complexity index is 625. The highest BCUT2D eigenvalue weighted by Crippen LogP contribution is 2.30. The molecule has 0 bridgehead atoms. The van der Waals surface area contributed by atoms with E-state index in [0.29, 0.717) is 38.5 Å². The van der Waals surface area contributed by atoms with Crippen LogP contribution >= 0.6 is 0 Å². The Morgan fingerprint density at radius 1 is 1.30 bits per heavy atom. The van der Waals surface area contributed by atoms with Crippen LogP contribution in [0.25, 0.3) is 0 Å². The first-order valence-corrected chi connectivity index (χ1v) is 7.12. The number of amides is 1. The second-order valence-electron chi connectivity index (χ2n) is 4.94. The zero-order valence-corrected chi connectivity index (χ0v) is 12.6. The lowest BCUT2D eigenvalue weighted by atomic mass is 10.1. The first kappa shape index (κ1) is 16.5. The summed E-state index contributed by atoms with van der Waals surface area (Å²) in [7, 11) is 0. The molecule has 2 rings (SSSR count). The molecular weight excluding hydrogens is 306 g/mol. The number of aromatic carboxylic acids is 1. The fourth-order valence-electron chi connectivity index (χ4n) is 2.41. The van der Waals surface area contributed by atoms with Crippen LogP contribution in [0.15, 0.2) is 18.2 Å². The molecule has 1 aromatic carbocycles. The molecule has 0 saturated carbocycles. The van der Waals surface area contributed by atoms with E-state index >= 15 is 0 Å². The van der Waals surface area contributed by atoms with Gasteiger partial charge in [-0.1, -0.05) is 0 Å². The summed E-state index contributed by atoms with van der Waals surface area (Å²) in [6.45, 7) is 3.61. The number of piperazine rings is 1. The third-order valence-corrected chi connectivity index (χ3v) is 3.57. The van der Waals surface area contributed by atoms with Crippen molar-refractivity contribution in [1.29, 1.82) is 0 Å². The van der Waals surface area contributed by atoms with E-state index in [9.17, 15) is 19.7 Å². The molecule has 9 nitrogen and oxygen atoms in total. The van der Waals surface area contributed by atoms with Gasteiger partial charge in [-0.2, -0.15) is 0 Å². The molecule has 124 valence electrons. The molecule has 1 aliphatic heterocycles. The smallest absolute Gasteiger partial charge is 0.409 e. The van der Waals surface area contributed by atoms with Crippen LogP contribution in [-0.2, 0) is 4.74 Å². The van der Waals surface area contributed by atoms with Crippen molar-refractivity contribution in [2.45, 2.75) is 6.92 Å². The number of rotatable bonds is 4. The molecular formula is C14H17N3O6. The van der Waals surface area contributed by atoms with Gasteiger partial charge in [-0.15, -0.1) is 0 Å². The monoisotopic (exact) mass is 323 g/mol. The summed E-state index contributed by atoms with van der Waals surface area (Å²) in [5, 5.41) is 20.1. The third kappa shape index (κ3) is 3.68. The molecule has 0 aliphatic carbocycles. The summed E-state index contributed by atoms with van der Waals surface area (Å²) >= 11 is 0. The van der Waals surface area contributed by atoms with Crippen LogP contribution in [0.5, 0.6) is 0 Å². The predicted octanol–water partition coefficient (Wildman–Crippen LogP) is 1.57. The van der Waals surface area contributed by atoms with Gasteiger partial charge in [0.25, 0.3) is 5.69 Å². The van der Waals surface area contributed by atoms with Crippen LogP contribution in [0.2, 0.25) is 0 Å². The van der Waals surface area contributed by atoms with E-state index in [-0.39, 0.29) is 11.3 Å². The molecule has 0 spiro atoms. The van der Waals surface area contributed by atoms with Crippen LogP contribution in [0, 0.1) is 10.1 Å². The van der Waals surface area contributed by atoms with Crippen molar-refractivity contribution in [3.05, 3.63) is 33.9 Å². The summed E-state index contributed by atoms with van der Waals surface area (Å²) < 4.78 is 4.92. The first-order chi connectivity index (χ1) is 10.9. The Labute approximate surface area is 132 Å². The second kappa shape index (κ2) is 6.95. The van der Waals surface area contributed by atoms with E-state index in [2.05, 4.69) is 0 Å². The lowest BCUT2D eigenvalue weighted by Gasteiger charge is -2.35. The molecule has 23 heavy (non-hydrogen) atoms. The Hall–Kier alpha value is -2.84. The lowest BCUT2D eigenvalue weighted by molar-refractivity contribution is -0.384. The average molecular weight is 323 g/mol. The van der Waals surface area contributed by atoms with Crippen molar-refractivity contribution in [2.75, 3.05) is 37.7 Å². The largest absolute Gasteiger partial charge is 0.478 e. The van der Waals surface area contributed by atoms with Crippen LogP contribution in [0.3, 0.4) is 0 Å². The number of anilines is 1. The summed E-state index contributed by atoms with van der Waals surface area (Å²) in [6, 6.07) is 3.82. The highest BCUT2D eigenvalue weighted by molar-refractivity contribution is 5.89. The summed E-state index contributed by atoms with van der Waals surface area (Å²) in [4.78, 5) is 36.5. The number of benzene rings is 1. The number of carbonyl (C=O) groups excluding carboxylic acids is 1. The van der Waals surface area contributed by atoms with Gasteiger partial charge in [-0.25, -0.2) is 9.59 Å². The van der Waals surface area contributed by atoms with Gasteiger partial charge in [0.15, 0.2) is 0 Å². The topological polar surface area (TPSA) is 113 Å². The molecule has 1 saturated heterocycles. The van der Waals surface area contributed by atoms with Crippen LogP contribution in [0.1, 0.15) is 17.3 Å². The van der Waals surface area contributed by atoms with Gasteiger partial charge in [0.2, 0.25) is 0 Å². The number of nitro groups is 1. The second-order valence-corrected chi connectivity index (χ2v) is 4.94. The van der Waals surface area contributed by atoms with Crippen LogP contribution < -0.4 is 4.90 Å². The van der Waals surface area contributed by atoms with Crippen molar-refractivity contribution in [3.63, 3.8) is 0 Å². The molecule has 0 radical (unpaired) electrons. The number of ether oxygens (including phenoxy) is 1. The van der Waals surface area contributed by atoms with E-state index in [0.717, 1.165) is 6.07 Å². The lowest BCUT2D eigenvalue weighted by Crippen LogP contribution is -2.49. The molecule has 1 N–H and O–H groups in total. The Morgan fingerprint density at radius 2 is 1.96 bits per heavy atom. The van der Waals surface area contributed by atoms with Crippen LogP contribution in [-0.4, -0.2) is 59.8 Å². The van der Waals surface area contributed by atoms with E-state index in [4.69, 9.17) is 9.84 Å². The van der Waals surface area contributed by atoms with Gasteiger partial charge in [0.1, 0.15) is 5.69 Å². The first-order valence-electron chi connectivity index (χ1n) is 7.12. The van der Waals surface area contributed by atoms with Gasteiger partial charge in [-0.3, -0.25) is 10.1 Å². The maximum Gasteiger partial charge on any atom is 0.409 e. The van der Waals surface area contributed by atoms with E-state index < -0.39 is 17.0 Å². The Kier molecular flexibility index (Phi) is 4.99. The summed E-state index contributed by atoms with van der Waals surface area (Å²) in [6.07, 6.45) is -0.400. The zero-order valence-electron chi connectivity index (χ0n) is 12.6. The van der Waals surface area contributed by atoms with E-state index in [1.165, 1.54) is 17.0 Å². The third-order valence-electron chi connectivity index (χ3n) is 3.57. The molecule has 1 amide bonds. The highest BCUT2D eigenvalue weighted by atomic mass is 16.6. The molecule has 1 aromatic rings. The molecule has 0 atom stereocenters. The van der Waals surface area contributed by atoms with Crippen molar-refractivity contribution in [2.24, 2.45) is 0 Å². The molecule has 0 unspecified atom stereocenters. The number of carboxylic acid groups (broad SMARTS) is 1. The van der Waals surface area contributed by atoms with Crippen molar-refractivity contribution in [1.82, 2.24) is 4.90 Å². The normalized spacial score (nSPS) is 14.5. The van der Waals surface area contributed by atoms with Crippen molar-refractivity contribution in [3.8, 4) is 0 Å². The van der Waals surface area contributed by atoms with Crippen molar-refractivity contribution < 1.29 is 24.4 Å². The van der Waals surface area contributed by atoms with Gasteiger partial charge >= 0.3 is 12.1 Å². The van der Waals surface area contributed by atoms with Gasteiger partial charge in [0, 0.05) is 32.2 Å². The van der Waals surface area contributed by atoms with E-state index in [1.54, 1.807) is 11.8 Å². The molecule has 1 fully saturated rings. The van der Waals surface area contributed by atoms with Crippen molar-refractivity contribution >= 4 is 23.4 Å². The molecule has 0 aromatic heterocycles. The van der Waals surface area contributed by atoms with Crippen LogP contribution in [0.4, 0.5) is 16.2 Å². The quantitative estimate of drug-likeness (QED) is 0.661. The maximum absolute atomic E-state index is 11.6. The minimum atomic E-state index is -1.22. The highest BCUT2D eigenvalue weighted by Gasteiger charge is 2.27. The summed E-state index contributed by atoms with van der Waals surface area (Å²) in [5.74, 6) is -1.22. The number of nitro benzene ring substituents is 1. The Morgan fingerprint density at radius 3 is 2.48 bits per heavy atom. The predicted molar refractivity (Wildman–Crippen MR) is 80.9 cm³/mol. The zero-order chi connectivity index (χ0) is 17.0. The number of carboxylic acids is 1. The summed E-state index contributed by atoms with van der Waals surface area (Å²) in [5.41, 5.74) is -0.0383. The number of carbonyl (C=O) groups is 2. The number of nitrogens with zero attached hydrogens (tertiary/aromatic N) is 3. The molecule has 1 heterocycles. The average Bonchev–Trinajstić information content (AvgIpc) is 2.54. The SMILES string of the molecule is CCOC(=O)N1CCN(c2ccc(C(=O)O)cc2[N+](=O)[O-])CC1. The van der Waals surface area contributed by atoms with Gasteiger partial charge < -0.3 is 19.6 Å². The fraction of sp³-hybridized carbons (Fsp3) is 0.429. The minimum Gasteiger partial charge on any atom is -0.478 e. The van der Waals surface area contributed by atoms with Gasteiger partial charge in [-0.05, 0) is 19.1 Å². The maximum atomic E-state index is 11.6. The Balaban J connectivity index is 2.16. The fourth-order valence-corrected chi connectivity index (χ4v) is 2.41. The standard InChI is InChI=1S/C14H17N3O6/c1-2-23-14(20)16-7-5-15(6-8-16)11-4-3-10(13(18)19)9-12(11)17(21)22/h3-4,9H,2,5-8H2,1H3,(H,18,19). The number of hydrogen-bond acceptors (Lipinski definition) is 6. The van der Waals surface area contributed by atoms with Gasteiger partial charge in [0.05, 0.1) is 17.1 Å². The minimum absolute atomic E-state index is 0.134.